The summed E-state index contributed by atoms with van der Waals surface area (Å²) in [5.74, 6) is -0.616. The first-order valence-corrected chi connectivity index (χ1v) is 11.6. The number of benzene rings is 2. The normalized spacial score (nSPS) is 18.1. The van der Waals surface area contributed by atoms with Crippen LogP contribution in [-0.2, 0) is 19.6 Å². The van der Waals surface area contributed by atoms with Crippen LogP contribution in [0, 0.1) is 5.92 Å². The first kappa shape index (κ1) is 22.8. The summed E-state index contributed by atoms with van der Waals surface area (Å²) in [7, 11) is -2.21. The van der Waals surface area contributed by atoms with E-state index in [1.165, 1.54) is 23.5 Å². The molecule has 0 saturated carbocycles. The van der Waals surface area contributed by atoms with E-state index in [9.17, 15) is 18.0 Å². The molecule has 2 aromatic rings. The van der Waals surface area contributed by atoms with Gasteiger partial charge < -0.3 is 15.4 Å². The minimum atomic E-state index is -3.72. The van der Waals surface area contributed by atoms with E-state index in [1.807, 2.05) is 6.07 Å². The minimum Gasteiger partial charge on any atom is -0.497 e. The van der Waals surface area contributed by atoms with Gasteiger partial charge in [-0.25, -0.2) is 8.42 Å². The number of hydrogen-bond donors (Lipinski definition) is 2. The van der Waals surface area contributed by atoms with Crippen molar-refractivity contribution in [3.8, 4) is 5.75 Å². The van der Waals surface area contributed by atoms with Crippen molar-refractivity contribution in [2.75, 3.05) is 25.5 Å². The van der Waals surface area contributed by atoms with Crippen LogP contribution in [-0.4, -0.2) is 50.8 Å². The predicted octanol–water partition coefficient (Wildman–Crippen LogP) is 2.24. The minimum absolute atomic E-state index is 0.0766. The molecule has 2 amide bonds. The van der Waals surface area contributed by atoms with Gasteiger partial charge in [-0.3, -0.25) is 9.59 Å². The largest absolute Gasteiger partial charge is 0.497 e. The number of nitrogens with zero attached hydrogens (tertiary/aromatic N) is 1. The molecular formula is C22H27N3O5S. The van der Waals surface area contributed by atoms with E-state index in [0.29, 0.717) is 30.8 Å². The molecule has 2 N–H and O–H groups in total. The van der Waals surface area contributed by atoms with Gasteiger partial charge in [-0.05, 0) is 56.2 Å². The summed E-state index contributed by atoms with van der Waals surface area (Å²) < 4.78 is 32.4. The fourth-order valence-corrected chi connectivity index (χ4v) is 4.96. The smallest absolute Gasteiger partial charge is 0.246 e. The Bertz CT molecular complexity index is 1010. The number of anilines is 1. The Hall–Kier alpha value is -2.91. The van der Waals surface area contributed by atoms with Gasteiger partial charge in [0.05, 0.1) is 17.9 Å². The van der Waals surface area contributed by atoms with Gasteiger partial charge in [-0.15, -0.1) is 0 Å². The van der Waals surface area contributed by atoms with Crippen molar-refractivity contribution in [2.45, 2.75) is 30.7 Å². The molecule has 0 spiro atoms. The molecule has 1 fully saturated rings. The molecule has 1 aliphatic rings. The van der Waals surface area contributed by atoms with Crippen LogP contribution in [0.4, 0.5) is 5.69 Å². The van der Waals surface area contributed by atoms with E-state index in [1.54, 1.807) is 43.3 Å². The highest BCUT2D eigenvalue weighted by molar-refractivity contribution is 7.89. The van der Waals surface area contributed by atoms with E-state index in [4.69, 9.17) is 4.74 Å². The molecule has 31 heavy (non-hydrogen) atoms. The zero-order chi connectivity index (χ0) is 22.4. The quantitative estimate of drug-likeness (QED) is 0.680. The second-order valence-corrected chi connectivity index (χ2v) is 9.40. The van der Waals surface area contributed by atoms with Crippen LogP contribution < -0.4 is 15.4 Å². The maximum atomic E-state index is 13.0. The maximum absolute atomic E-state index is 13.0. The molecule has 9 heteroatoms. The first-order valence-electron chi connectivity index (χ1n) is 10.1. The van der Waals surface area contributed by atoms with Crippen LogP contribution in [0.5, 0.6) is 5.75 Å². The van der Waals surface area contributed by atoms with Crippen LogP contribution in [0.2, 0.25) is 0 Å². The standard InChI is InChI=1S/C22H27N3O5S/c1-16(21(26)24-18-8-4-3-5-9-18)23-22(27)17-7-6-14-25(15-17)31(28,29)20-12-10-19(30-2)11-13-20/h3-5,8-13,16-17H,6-7,14-15H2,1-2H3,(H,23,27)(H,24,26). The number of piperidine rings is 1. The summed E-state index contributed by atoms with van der Waals surface area (Å²) in [4.78, 5) is 25.2. The number of hydrogen-bond acceptors (Lipinski definition) is 5. The SMILES string of the molecule is COc1ccc(S(=O)(=O)N2CCCC(C(=O)NC(C)C(=O)Nc3ccccc3)C2)cc1. The molecule has 2 unspecified atom stereocenters. The van der Waals surface area contributed by atoms with E-state index < -0.39 is 22.0 Å². The average Bonchev–Trinajstić information content (AvgIpc) is 2.79. The molecule has 8 nitrogen and oxygen atoms in total. The molecule has 0 radical (unpaired) electrons. The number of carbonyl (C=O) groups is 2. The van der Waals surface area contributed by atoms with Gasteiger partial charge in [-0.1, -0.05) is 18.2 Å². The number of para-hydroxylation sites is 1. The summed E-state index contributed by atoms with van der Waals surface area (Å²) in [6.07, 6.45) is 1.13. The van der Waals surface area contributed by atoms with Gasteiger partial charge in [0.2, 0.25) is 21.8 Å². The van der Waals surface area contributed by atoms with Crippen molar-refractivity contribution in [2.24, 2.45) is 5.92 Å². The monoisotopic (exact) mass is 445 g/mol. The van der Waals surface area contributed by atoms with E-state index >= 15 is 0 Å². The molecule has 166 valence electrons. The lowest BCUT2D eigenvalue weighted by molar-refractivity contribution is -0.129. The lowest BCUT2D eigenvalue weighted by atomic mass is 9.98. The topological polar surface area (TPSA) is 105 Å². The molecule has 1 heterocycles. The van der Waals surface area contributed by atoms with Gasteiger partial charge in [0.1, 0.15) is 11.8 Å². The second kappa shape index (κ2) is 9.93. The van der Waals surface area contributed by atoms with Crippen LogP contribution in [0.25, 0.3) is 0 Å². The second-order valence-electron chi connectivity index (χ2n) is 7.46. The van der Waals surface area contributed by atoms with E-state index in [0.717, 1.165) is 0 Å². The molecule has 2 atom stereocenters. The molecule has 1 saturated heterocycles. The Balaban J connectivity index is 1.61. The van der Waals surface area contributed by atoms with E-state index in [-0.39, 0.29) is 23.3 Å². The lowest BCUT2D eigenvalue weighted by Crippen LogP contribution is -2.49. The Morgan fingerprint density at radius 1 is 1.10 bits per heavy atom. The summed E-state index contributed by atoms with van der Waals surface area (Å²) in [5, 5.41) is 5.45. The van der Waals surface area contributed by atoms with Gasteiger partial charge in [-0.2, -0.15) is 4.31 Å². The lowest BCUT2D eigenvalue weighted by Gasteiger charge is -2.31. The highest BCUT2D eigenvalue weighted by Crippen LogP contribution is 2.25. The number of methoxy groups -OCH3 is 1. The predicted molar refractivity (Wildman–Crippen MR) is 117 cm³/mol. The Labute approximate surface area is 182 Å². The van der Waals surface area contributed by atoms with Crippen molar-refractivity contribution in [3.05, 3.63) is 54.6 Å². The Morgan fingerprint density at radius 2 is 1.77 bits per heavy atom. The van der Waals surface area contributed by atoms with Gasteiger partial charge in [0.25, 0.3) is 0 Å². The van der Waals surface area contributed by atoms with Crippen molar-refractivity contribution in [1.82, 2.24) is 9.62 Å². The summed E-state index contributed by atoms with van der Waals surface area (Å²) >= 11 is 0. The van der Waals surface area contributed by atoms with Crippen LogP contribution in [0.3, 0.4) is 0 Å². The number of ether oxygens (including phenoxy) is 1. The number of amides is 2. The van der Waals surface area contributed by atoms with Gasteiger partial charge in [0, 0.05) is 18.8 Å². The fraction of sp³-hybridized carbons (Fsp3) is 0.364. The molecule has 2 aromatic carbocycles. The van der Waals surface area contributed by atoms with Crippen LogP contribution in [0.1, 0.15) is 19.8 Å². The zero-order valence-corrected chi connectivity index (χ0v) is 18.4. The third-order valence-electron chi connectivity index (χ3n) is 5.25. The van der Waals surface area contributed by atoms with Crippen molar-refractivity contribution in [1.29, 1.82) is 0 Å². The fourth-order valence-electron chi connectivity index (χ4n) is 3.44. The van der Waals surface area contributed by atoms with Gasteiger partial charge >= 0.3 is 0 Å². The third kappa shape index (κ3) is 5.62. The molecular weight excluding hydrogens is 418 g/mol. The number of sulfonamides is 1. The first-order chi connectivity index (χ1) is 14.8. The number of nitrogens with one attached hydrogen (secondary N) is 2. The highest BCUT2D eigenvalue weighted by atomic mass is 32.2. The molecule has 0 aliphatic carbocycles. The average molecular weight is 446 g/mol. The summed E-state index contributed by atoms with van der Waals surface area (Å²) in [6, 6.07) is 14.4. The van der Waals surface area contributed by atoms with Crippen molar-refractivity contribution >= 4 is 27.5 Å². The Morgan fingerprint density at radius 3 is 2.42 bits per heavy atom. The van der Waals surface area contributed by atoms with Gasteiger partial charge in [0.15, 0.2) is 0 Å². The maximum Gasteiger partial charge on any atom is 0.246 e. The van der Waals surface area contributed by atoms with Crippen molar-refractivity contribution in [3.63, 3.8) is 0 Å². The summed E-state index contributed by atoms with van der Waals surface area (Å²) in [6.45, 7) is 2.03. The molecule has 1 aliphatic heterocycles. The molecule has 0 aromatic heterocycles. The van der Waals surface area contributed by atoms with Crippen LogP contribution in [0.15, 0.2) is 59.5 Å². The zero-order valence-electron chi connectivity index (χ0n) is 17.6. The number of rotatable bonds is 7. The van der Waals surface area contributed by atoms with E-state index in [2.05, 4.69) is 10.6 Å². The number of carbonyl (C=O) groups excluding carboxylic acids is 2. The van der Waals surface area contributed by atoms with Crippen molar-refractivity contribution < 1.29 is 22.7 Å². The Kier molecular flexibility index (Phi) is 7.29. The molecule has 3 rings (SSSR count). The third-order valence-corrected chi connectivity index (χ3v) is 7.12. The molecule has 0 bridgehead atoms. The summed E-state index contributed by atoms with van der Waals surface area (Å²) in [5.41, 5.74) is 0.642. The van der Waals surface area contributed by atoms with Crippen LogP contribution >= 0.6 is 0 Å². The highest BCUT2D eigenvalue weighted by Gasteiger charge is 2.34.